The van der Waals surface area contributed by atoms with Crippen LogP contribution in [0.5, 0.6) is 0 Å². The van der Waals surface area contributed by atoms with E-state index in [1.165, 1.54) is 6.92 Å². The van der Waals surface area contributed by atoms with E-state index in [-0.39, 0.29) is 11.3 Å². The lowest BCUT2D eigenvalue weighted by Gasteiger charge is -2.20. The Morgan fingerprint density at radius 1 is 1.09 bits per heavy atom. The van der Waals surface area contributed by atoms with Crippen LogP contribution in [0.3, 0.4) is 0 Å². The first-order valence-electron chi connectivity index (χ1n) is 10.7. The summed E-state index contributed by atoms with van der Waals surface area (Å²) in [5.74, 6) is -1.48. The minimum Gasteiger partial charge on any atom is -0.478 e. The number of benzene rings is 3. The third-order valence-corrected chi connectivity index (χ3v) is 5.87. The van der Waals surface area contributed by atoms with Gasteiger partial charge in [0.05, 0.1) is 17.1 Å². The van der Waals surface area contributed by atoms with E-state index in [9.17, 15) is 14.3 Å². The van der Waals surface area contributed by atoms with E-state index < -0.39 is 23.4 Å². The van der Waals surface area contributed by atoms with Crippen molar-refractivity contribution in [3.8, 4) is 11.3 Å². The molecule has 1 heterocycles. The van der Waals surface area contributed by atoms with Gasteiger partial charge >= 0.3 is 5.97 Å². The molecule has 0 aliphatic carbocycles. The molecule has 0 bridgehead atoms. The number of hydrogen-bond acceptors (Lipinski definition) is 4. The monoisotopic (exact) mass is 444 g/mol. The molecule has 0 spiro atoms. The summed E-state index contributed by atoms with van der Waals surface area (Å²) in [6.45, 7) is 7.19. The normalized spacial score (nSPS) is 12.0. The molecule has 1 atom stereocenters. The summed E-state index contributed by atoms with van der Waals surface area (Å²) < 4.78 is 20.9. The molecular formula is C27H25FN2O3. The largest absolute Gasteiger partial charge is 0.478 e. The Balaban J connectivity index is 1.90. The molecule has 168 valence electrons. The molecule has 1 unspecified atom stereocenters. The van der Waals surface area contributed by atoms with Gasteiger partial charge in [0.2, 0.25) is 0 Å². The van der Waals surface area contributed by atoms with Crippen molar-refractivity contribution in [2.24, 2.45) is 0 Å². The lowest BCUT2D eigenvalue weighted by atomic mass is 9.98. The second kappa shape index (κ2) is 8.54. The summed E-state index contributed by atoms with van der Waals surface area (Å²) in [6.07, 6.45) is 0. The van der Waals surface area contributed by atoms with Crippen LogP contribution in [-0.2, 0) is 0 Å². The van der Waals surface area contributed by atoms with E-state index in [4.69, 9.17) is 9.83 Å². The molecule has 0 aliphatic rings. The lowest BCUT2D eigenvalue weighted by molar-refractivity contribution is 0.0692. The summed E-state index contributed by atoms with van der Waals surface area (Å²) in [5, 5.41) is 22.5. The number of carbonyl (C=O) groups is 1. The van der Waals surface area contributed by atoms with Gasteiger partial charge in [-0.3, -0.25) is 5.41 Å². The quantitative estimate of drug-likeness (QED) is 0.327. The van der Waals surface area contributed by atoms with Gasteiger partial charge in [0.25, 0.3) is 0 Å². The smallest absolute Gasteiger partial charge is 0.340 e. The molecule has 3 aromatic carbocycles. The van der Waals surface area contributed by atoms with Crippen molar-refractivity contribution in [2.75, 3.05) is 5.32 Å². The van der Waals surface area contributed by atoms with Gasteiger partial charge in [-0.05, 0) is 51.0 Å². The first-order chi connectivity index (χ1) is 15.7. The molecule has 1 aromatic heterocycles. The minimum atomic E-state index is -1.33. The van der Waals surface area contributed by atoms with Crippen LogP contribution in [0.1, 0.15) is 45.6 Å². The zero-order valence-electron chi connectivity index (χ0n) is 18.9. The maximum Gasteiger partial charge on any atom is 0.340 e. The Bertz CT molecular complexity index is 1440. The number of aryl methyl sites for hydroxylation is 2. The SMILES string of the molecule is Cc1cc(C(C)Nc2ccc(C)c(F)c2C(=O)O)c2oc(-c3ccccc3)c(C)c(=N)c2c1. The van der Waals surface area contributed by atoms with Gasteiger partial charge in [-0.2, -0.15) is 0 Å². The van der Waals surface area contributed by atoms with Crippen LogP contribution in [0.15, 0.2) is 59.0 Å². The van der Waals surface area contributed by atoms with E-state index in [0.717, 1.165) is 22.3 Å². The fourth-order valence-electron chi connectivity index (χ4n) is 4.10. The average Bonchev–Trinajstić information content (AvgIpc) is 2.79. The first-order valence-corrected chi connectivity index (χ1v) is 10.7. The topological polar surface area (TPSA) is 86.3 Å². The average molecular weight is 445 g/mol. The van der Waals surface area contributed by atoms with Crippen LogP contribution < -0.4 is 10.7 Å². The number of carboxylic acids is 1. The highest BCUT2D eigenvalue weighted by atomic mass is 19.1. The maximum absolute atomic E-state index is 14.6. The number of nitrogens with one attached hydrogen (secondary N) is 2. The first kappa shape index (κ1) is 22.3. The van der Waals surface area contributed by atoms with Crippen molar-refractivity contribution < 1.29 is 18.7 Å². The van der Waals surface area contributed by atoms with Crippen molar-refractivity contribution in [1.82, 2.24) is 0 Å². The molecule has 0 aliphatic heterocycles. The second-order valence-corrected chi connectivity index (χ2v) is 8.32. The summed E-state index contributed by atoms with van der Waals surface area (Å²) in [7, 11) is 0. The fraction of sp³-hybridized carbons (Fsp3) is 0.185. The van der Waals surface area contributed by atoms with Crippen molar-refractivity contribution in [3.63, 3.8) is 0 Å². The second-order valence-electron chi connectivity index (χ2n) is 8.32. The molecular weight excluding hydrogens is 419 g/mol. The summed E-state index contributed by atoms with van der Waals surface area (Å²) in [4.78, 5) is 11.7. The van der Waals surface area contributed by atoms with E-state index >= 15 is 0 Å². The maximum atomic E-state index is 14.6. The summed E-state index contributed by atoms with van der Waals surface area (Å²) in [5.41, 5.74) is 3.91. The molecule has 5 nitrogen and oxygen atoms in total. The van der Waals surface area contributed by atoms with Crippen LogP contribution in [0.4, 0.5) is 10.1 Å². The Morgan fingerprint density at radius 3 is 2.45 bits per heavy atom. The highest BCUT2D eigenvalue weighted by molar-refractivity contribution is 5.95. The lowest BCUT2D eigenvalue weighted by Crippen LogP contribution is -2.15. The molecule has 33 heavy (non-hydrogen) atoms. The molecule has 0 saturated heterocycles. The molecule has 4 aromatic rings. The van der Waals surface area contributed by atoms with Gasteiger partial charge in [-0.25, -0.2) is 9.18 Å². The molecule has 3 N–H and O–H groups in total. The van der Waals surface area contributed by atoms with Crippen LogP contribution in [0.25, 0.3) is 22.3 Å². The van der Waals surface area contributed by atoms with Gasteiger partial charge in [0.1, 0.15) is 22.7 Å². The number of rotatable bonds is 5. The molecule has 0 amide bonds. The highest BCUT2D eigenvalue weighted by Gasteiger charge is 2.22. The zero-order valence-corrected chi connectivity index (χ0v) is 18.9. The Kier molecular flexibility index (Phi) is 5.77. The molecule has 4 rings (SSSR count). The van der Waals surface area contributed by atoms with Crippen molar-refractivity contribution >= 4 is 22.6 Å². The summed E-state index contributed by atoms with van der Waals surface area (Å²) >= 11 is 0. The van der Waals surface area contributed by atoms with Crippen molar-refractivity contribution in [3.05, 3.63) is 93.6 Å². The van der Waals surface area contributed by atoms with E-state index in [0.29, 0.717) is 22.1 Å². The molecule has 0 fully saturated rings. The number of aromatic carboxylic acids is 1. The predicted molar refractivity (Wildman–Crippen MR) is 127 cm³/mol. The van der Waals surface area contributed by atoms with E-state index in [1.54, 1.807) is 12.1 Å². The van der Waals surface area contributed by atoms with Gasteiger partial charge in [-0.1, -0.05) is 42.5 Å². The molecule has 0 saturated carbocycles. The Hall–Kier alpha value is -3.93. The fourth-order valence-corrected chi connectivity index (χ4v) is 4.10. The van der Waals surface area contributed by atoms with E-state index in [2.05, 4.69) is 5.32 Å². The third kappa shape index (κ3) is 4.00. The number of halogens is 1. The number of carboxylic acid groups (broad SMARTS) is 1. The zero-order chi connectivity index (χ0) is 23.9. The van der Waals surface area contributed by atoms with E-state index in [1.807, 2.05) is 63.2 Å². The van der Waals surface area contributed by atoms with Crippen molar-refractivity contribution in [1.29, 1.82) is 5.41 Å². The molecule has 6 heteroatoms. The molecule has 0 radical (unpaired) electrons. The van der Waals surface area contributed by atoms with Gasteiger partial charge in [-0.15, -0.1) is 0 Å². The van der Waals surface area contributed by atoms with Crippen LogP contribution in [0.2, 0.25) is 0 Å². The van der Waals surface area contributed by atoms with Crippen LogP contribution in [0, 0.1) is 32.0 Å². The van der Waals surface area contributed by atoms with Crippen LogP contribution in [-0.4, -0.2) is 11.1 Å². The summed E-state index contributed by atoms with van der Waals surface area (Å²) in [6, 6.07) is 16.2. The Labute approximate surface area is 191 Å². The predicted octanol–water partition coefficient (Wildman–Crippen LogP) is 6.51. The number of fused-ring (bicyclic) bond motifs is 1. The number of anilines is 1. The minimum absolute atomic E-state index is 0.189. The third-order valence-electron chi connectivity index (χ3n) is 5.87. The highest BCUT2D eigenvalue weighted by Crippen LogP contribution is 2.33. The van der Waals surface area contributed by atoms with Gasteiger partial charge in [0, 0.05) is 22.1 Å². The van der Waals surface area contributed by atoms with Gasteiger partial charge < -0.3 is 14.8 Å². The van der Waals surface area contributed by atoms with Gasteiger partial charge in [0.15, 0.2) is 0 Å². The van der Waals surface area contributed by atoms with Crippen molar-refractivity contribution in [2.45, 2.75) is 33.7 Å². The number of hydrogen-bond donors (Lipinski definition) is 3. The standard InChI is InChI=1S/C27H25FN2O3/c1-14-12-19(17(4)30-21-11-10-15(2)23(28)22(21)27(31)32)26-20(13-14)24(29)16(3)25(33-26)18-8-6-5-7-9-18/h5-13,17,29-30H,1-4H3,(H,31,32). The van der Waals surface area contributed by atoms with Crippen LogP contribution >= 0.6 is 0 Å². The Morgan fingerprint density at radius 2 is 1.79 bits per heavy atom.